The first-order valence-corrected chi connectivity index (χ1v) is 16.3. The van der Waals surface area contributed by atoms with Crippen LogP contribution in [0.2, 0.25) is 0 Å². The topological polar surface area (TPSA) is 171 Å². The average Bonchev–Trinajstić information content (AvgIpc) is 3.93. The van der Waals surface area contributed by atoms with E-state index in [0.29, 0.717) is 42.7 Å². The van der Waals surface area contributed by atoms with Crippen molar-refractivity contribution in [3.63, 3.8) is 0 Å². The molecule has 2 aromatic carbocycles. The normalized spacial score (nSPS) is 19.9. The summed E-state index contributed by atoms with van der Waals surface area (Å²) in [4.78, 5) is 38.7. The number of carbonyl (C=O) groups is 2. The van der Waals surface area contributed by atoms with Crippen molar-refractivity contribution in [2.24, 2.45) is 10.8 Å². The first kappa shape index (κ1) is 33.0. The van der Waals surface area contributed by atoms with Gasteiger partial charge in [-0.2, -0.15) is 15.8 Å². The molecule has 2 fully saturated rings. The highest BCUT2D eigenvalue weighted by atomic mass is 32.1. The summed E-state index contributed by atoms with van der Waals surface area (Å²) >= 11 is 2.79. The van der Waals surface area contributed by atoms with Gasteiger partial charge in [0.15, 0.2) is 28.1 Å². The lowest BCUT2D eigenvalue weighted by Gasteiger charge is -2.25. The van der Waals surface area contributed by atoms with Crippen molar-refractivity contribution in [1.82, 2.24) is 19.8 Å². The van der Waals surface area contributed by atoms with Crippen molar-refractivity contribution >= 4 is 44.8 Å². The van der Waals surface area contributed by atoms with Gasteiger partial charge in [-0.3, -0.25) is 9.59 Å². The van der Waals surface area contributed by atoms with Gasteiger partial charge < -0.3 is 25.2 Å². The summed E-state index contributed by atoms with van der Waals surface area (Å²) in [5.74, 6) is -0.539. The molecule has 14 heteroatoms. The number of hydrogen-bond donors (Lipinski definition) is 2. The molecule has 2 aliphatic heterocycles. The van der Waals surface area contributed by atoms with Crippen LogP contribution < -0.4 is 10.6 Å². The molecular weight excluding hydrogens is 635 g/mol. The van der Waals surface area contributed by atoms with Gasteiger partial charge in [-0.15, -0.1) is 0 Å². The molecule has 47 heavy (non-hydrogen) atoms. The molecule has 0 aliphatic carbocycles. The van der Waals surface area contributed by atoms with Crippen molar-refractivity contribution in [3.8, 4) is 39.3 Å². The lowest BCUT2D eigenvalue weighted by molar-refractivity contribution is -0.127. The summed E-state index contributed by atoms with van der Waals surface area (Å²) < 4.78 is 5.24. The lowest BCUT2D eigenvalue weighted by atomic mass is 9.87. The molecule has 12 nitrogen and oxygen atoms in total. The number of benzene rings is 2. The molecule has 0 bridgehead atoms. The fourth-order valence-electron chi connectivity index (χ4n) is 5.41. The fraction of sp³-hybridized carbons (Fsp3) is 0.303. The fourth-order valence-corrected chi connectivity index (χ4v) is 7.04. The molecule has 2 unspecified atom stereocenters. The molecule has 2 amide bonds. The van der Waals surface area contributed by atoms with Crippen LogP contribution in [0.1, 0.15) is 12.8 Å². The molecule has 4 heterocycles. The molecule has 0 spiro atoms. The van der Waals surface area contributed by atoms with Gasteiger partial charge in [0.2, 0.25) is 11.8 Å². The van der Waals surface area contributed by atoms with Gasteiger partial charge in [0.1, 0.15) is 0 Å². The minimum atomic E-state index is -1.19. The maximum absolute atomic E-state index is 12.8. The Bertz CT molecular complexity index is 1830. The van der Waals surface area contributed by atoms with Crippen LogP contribution >= 0.6 is 22.7 Å². The van der Waals surface area contributed by atoms with Crippen molar-refractivity contribution in [2.75, 3.05) is 50.5 Å². The summed E-state index contributed by atoms with van der Waals surface area (Å²) in [5, 5.41) is 34.0. The average molecular weight is 666 g/mol. The zero-order chi connectivity index (χ0) is 33.3. The quantitative estimate of drug-likeness (QED) is 0.244. The number of nitriles is 3. The standard InChI is InChI=1S/C17H18N4O2S.C16H13N5OS/c1-23-11-17(7-8-21(10-17)12-18)15(22)20-16-19-9-14(24-16)13-5-3-2-4-6-13;17-9-16(6-7-21(10-16)11-18)14(22)20-15-19-8-13(23-15)12-4-2-1-3-5-12/h2-6,9H,7-8,10-11H2,1H3,(H,19,20,22);1-5,8H,6-7,10H2,(H,19,20,22). The Balaban J connectivity index is 0.000000185. The zero-order valence-corrected chi connectivity index (χ0v) is 27.2. The Hall–Kier alpha value is -5.33. The van der Waals surface area contributed by atoms with E-state index in [9.17, 15) is 14.9 Å². The Morgan fingerprint density at radius 2 is 1.32 bits per heavy atom. The predicted octanol–water partition coefficient (Wildman–Crippen LogP) is 5.01. The van der Waals surface area contributed by atoms with Crippen LogP contribution in [-0.2, 0) is 14.3 Å². The third kappa shape index (κ3) is 7.56. The van der Waals surface area contributed by atoms with Gasteiger partial charge in [-0.05, 0) is 24.0 Å². The van der Waals surface area contributed by atoms with Crippen molar-refractivity contribution in [1.29, 1.82) is 15.8 Å². The second-order valence-electron chi connectivity index (χ2n) is 11.1. The van der Waals surface area contributed by atoms with E-state index < -0.39 is 16.7 Å². The Morgan fingerprint density at radius 3 is 1.79 bits per heavy atom. The number of hydrogen-bond acceptors (Lipinski definition) is 12. The van der Waals surface area contributed by atoms with Crippen LogP contribution in [0, 0.1) is 45.1 Å². The molecule has 6 rings (SSSR count). The summed E-state index contributed by atoms with van der Waals surface area (Å²) in [6, 6.07) is 21.7. The Kier molecular flexibility index (Phi) is 10.4. The minimum Gasteiger partial charge on any atom is -0.383 e. The van der Waals surface area contributed by atoms with E-state index in [2.05, 4.69) is 32.9 Å². The van der Waals surface area contributed by atoms with Crippen LogP contribution in [0.15, 0.2) is 73.1 Å². The van der Waals surface area contributed by atoms with Crippen LogP contribution in [0.3, 0.4) is 0 Å². The highest BCUT2D eigenvalue weighted by molar-refractivity contribution is 7.19. The second kappa shape index (κ2) is 14.8. The number of rotatable bonds is 8. The molecule has 2 N–H and O–H groups in total. The molecule has 2 saturated heterocycles. The van der Waals surface area contributed by atoms with Crippen LogP contribution in [0.4, 0.5) is 10.3 Å². The Morgan fingerprint density at radius 1 is 0.809 bits per heavy atom. The molecule has 0 radical (unpaired) electrons. The third-order valence-corrected chi connectivity index (χ3v) is 9.95. The maximum Gasteiger partial charge on any atom is 0.248 e. The molecule has 238 valence electrons. The number of thiazole rings is 2. The number of likely N-dealkylation sites (tertiary alicyclic amines) is 2. The predicted molar refractivity (Wildman–Crippen MR) is 178 cm³/mol. The lowest BCUT2D eigenvalue weighted by Crippen LogP contribution is -2.42. The highest BCUT2D eigenvalue weighted by Crippen LogP contribution is 2.35. The molecule has 0 saturated carbocycles. The van der Waals surface area contributed by atoms with E-state index in [1.807, 2.05) is 66.9 Å². The summed E-state index contributed by atoms with van der Waals surface area (Å²) in [7, 11) is 1.57. The highest BCUT2D eigenvalue weighted by Gasteiger charge is 2.46. The van der Waals surface area contributed by atoms with Gasteiger partial charge in [0.05, 0.1) is 34.4 Å². The van der Waals surface area contributed by atoms with Crippen molar-refractivity contribution < 1.29 is 14.3 Å². The van der Waals surface area contributed by atoms with Gasteiger partial charge >= 0.3 is 0 Å². The van der Waals surface area contributed by atoms with E-state index >= 15 is 0 Å². The molecule has 2 aliphatic rings. The first-order valence-electron chi connectivity index (χ1n) is 14.7. The molecule has 4 aromatic rings. The zero-order valence-electron chi connectivity index (χ0n) is 25.5. The van der Waals surface area contributed by atoms with Gasteiger partial charge in [-0.25, -0.2) is 9.97 Å². The number of carbonyl (C=O) groups excluding carboxylic acids is 2. The molecule has 2 atom stereocenters. The van der Waals surface area contributed by atoms with Crippen molar-refractivity contribution in [2.45, 2.75) is 12.8 Å². The van der Waals surface area contributed by atoms with E-state index in [1.54, 1.807) is 24.4 Å². The van der Waals surface area contributed by atoms with Crippen LogP contribution in [0.25, 0.3) is 20.9 Å². The van der Waals surface area contributed by atoms with Gasteiger partial charge in [-0.1, -0.05) is 83.3 Å². The van der Waals surface area contributed by atoms with Crippen molar-refractivity contribution in [3.05, 3.63) is 73.1 Å². The summed E-state index contributed by atoms with van der Waals surface area (Å²) in [5.41, 5.74) is 0.202. The van der Waals surface area contributed by atoms with E-state index in [0.717, 1.165) is 20.9 Å². The monoisotopic (exact) mass is 665 g/mol. The SMILES string of the molecule is COCC1(C(=O)Nc2ncc(-c3ccccc3)s2)CCN(C#N)C1.N#CN1CCC(C#N)(C(=O)Nc2ncc(-c3ccccc3)s2)C1. The molecular formula is C33H31N9O3S2. The van der Waals surface area contributed by atoms with Crippen LogP contribution in [0.5, 0.6) is 0 Å². The number of aromatic nitrogens is 2. The van der Waals surface area contributed by atoms with E-state index in [-0.39, 0.29) is 19.1 Å². The minimum absolute atomic E-state index is 0.128. The summed E-state index contributed by atoms with van der Waals surface area (Å²) in [6.45, 7) is 1.78. The number of ether oxygens (including phenoxy) is 1. The van der Waals surface area contributed by atoms with E-state index in [1.165, 1.54) is 27.6 Å². The van der Waals surface area contributed by atoms with Gasteiger partial charge in [0.25, 0.3) is 0 Å². The largest absolute Gasteiger partial charge is 0.383 e. The third-order valence-electron chi connectivity index (χ3n) is 8.03. The number of amides is 2. The first-order chi connectivity index (χ1) is 22.8. The number of nitrogens with one attached hydrogen (secondary N) is 2. The second-order valence-corrected chi connectivity index (χ2v) is 13.2. The Labute approximate surface area is 280 Å². The van der Waals surface area contributed by atoms with Gasteiger partial charge in [0, 0.05) is 39.1 Å². The maximum atomic E-state index is 12.8. The summed E-state index contributed by atoms with van der Waals surface area (Å²) in [6.07, 6.45) is 8.49. The number of nitrogens with zero attached hydrogens (tertiary/aromatic N) is 7. The smallest absolute Gasteiger partial charge is 0.248 e. The number of anilines is 2. The molecule has 2 aromatic heterocycles. The number of methoxy groups -OCH3 is 1. The van der Waals surface area contributed by atoms with E-state index in [4.69, 9.17) is 15.3 Å². The van der Waals surface area contributed by atoms with Crippen LogP contribution in [-0.4, -0.2) is 71.5 Å².